The average Bonchev–Trinajstić information content (AvgIpc) is 3.52. The van der Waals surface area contributed by atoms with Crippen molar-refractivity contribution in [2.45, 2.75) is 19.4 Å². The number of anilines is 2. The van der Waals surface area contributed by atoms with E-state index in [1.165, 1.54) is 0 Å². The average molecular weight is 414 g/mol. The Morgan fingerprint density at radius 1 is 1.26 bits per heavy atom. The first-order chi connectivity index (χ1) is 15.1. The van der Waals surface area contributed by atoms with Gasteiger partial charge in [0.25, 0.3) is 5.91 Å². The zero-order valence-electron chi connectivity index (χ0n) is 17.3. The van der Waals surface area contributed by atoms with Gasteiger partial charge >= 0.3 is 0 Å². The molecule has 8 heteroatoms. The van der Waals surface area contributed by atoms with Crippen molar-refractivity contribution in [3.63, 3.8) is 0 Å². The summed E-state index contributed by atoms with van der Waals surface area (Å²) in [4.78, 5) is 31.2. The number of amides is 2. The van der Waals surface area contributed by atoms with Gasteiger partial charge in [0, 0.05) is 37.8 Å². The number of hydrogen-bond acceptors (Lipinski definition) is 5. The lowest BCUT2D eigenvalue weighted by molar-refractivity contribution is -0.130. The van der Waals surface area contributed by atoms with E-state index in [9.17, 15) is 14.9 Å². The normalized spacial score (nSPS) is 15.4. The lowest BCUT2D eigenvalue weighted by Crippen LogP contribution is -2.39. The fourth-order valence-corrected chi connectivity index (χ4v) is 4.47. The van der Waals surface area contributed by atoms with Crippen molar-refractivity contribution < 1.29 is 9.59 Å². The van der Waals surface area contributed by atoms with E-state index in [0.717, 1.165) is 53.8 Å². The highest BCUT2D eigenvalue weighted by molar-refractivity contribution is 6.05. The second-order valence-electron chi connectivity index (χ2n) is 8.03. The maximum absolute atomic E-state index is 13.2. The third-order valence-corrected chi connectivity index (χ3v) is 6.18. The van der Waals surface area contributed by atoms with Crippen LogP contribution in [-0.4, -0.2) is 58.5 Å². The molecule has 1 N–H and O–H groups in total. The van der Waals surface area contributed by atoms with Crippen LogP contribution in [0.4, 0.5) is 11.4 Å². The highest BCUT2D eigenvalue weighted by Gasteiger charge is 2.33. The van der Waals surface area contributed by atoms with Crippen LogP contribution in [0.1, 0.15) is 34.5 Å². The smallest absolute Gasteiger partial charge is 0.257 e. The number of aromatic amines is 1. The van der Waals surface area contributed by atoms with E-state index in [0.29, 0.717) is 17.8 Å². The Bertz CT molecular complexity index is 1230. The van der Waals surface area contributed by atoms with E-state index in [2.05, 4.69) is 16.3 Å². The van der Waals surface area contributed by atoms with Crippen molar-refractivity contribution in [2.24, 2.45) is 0 Å². The van der Waals surface area contributed by atoms with Crippen molar-refractivity contribution >= 4 is 34.1 Å². The molecular formula is C23H22N6O2. The third kappa shape index (κ3) is 3.19. The van der Waals surface area contributed by atoms with E-state index in [1.807, 2.05) is 53.2 Å². The van der Waals surface area contributed by atoms with Gasteiger partial charge in [-0.25, -0.2) is 0 Å². The minimum Gasteiger partial charge on any atom is -0.344 e. The Morgan fingerprint density at radius 2 is 2.06 bits per heavy atom. The van der Waals surface area contributed by atoms with Crippen molar-refractivity contribution in [2.75, 3.05) is 31.6 Å². The molecule has 2 amide bonds. The van der Waals surface area contributed by atoms with E-state index in [4.69, 9.17) is 0 Å². The van der Waals surface area contributed by atoms with Crippen LogP contribution in [-0.2, 0) is 11.3 Å². The molecule has 0 bridgehead atoms. The number of likely N-dealkylation sites (tertiary alicyclic amines) is 1. The van der Waals surface area contributed by atoms with E-state index in [-0.39, 0.29) is 18.4 Å². The van der Waals surface area contributed by atoms with E-state index in [1.54, 1.807) is 4.90 Å². The first-order valence-electron chi connectivity index (χ1n) is 10.4. The maximum atomic E-state index is 13.2. The van der Waals surface area contributed by atoms with E-state index < -0.39 is 0 Å². The van der Waals surface area contributed by atoms with Gasteiger partial charge in [0.1, 0.15) is 12.6 Å². The molecule has 1 saturated heterocycles. The Morgan fingerprint density at radius 3 is 2.84 bits per heavy atom. The number of carbonyl (C=O) groups excluding carboxylic acids is 2. The van der Waals surface area contributed by atoms with Gasteiger partial charge in [-0.3, -0.25) is 14.7 Å². The molecule has 3 aromatic rings. The fraction of sp³-hybridized carbons (Fsp3) is 0.304. The van der Waals surface area contributed by atoms with Crippen LogP contribution in [0.25, 0.3) is 10.9 Å². The lowest BCUT2D eigenvalue weighted by Gasteiger charge is -2.23. The molecule has 5 rings (SSSR count). The van der Waals surface area contributed by atoms with Gasteiger partial charge in [-0.2, -0.15) is 10.4 Å². The zero-order chi connectivity index (χ0) is 21.5. The van der Waals surface area contributed by atoms with Gasteiger partial charge in [0.2, 0.25) is 5.91 Å². The Hall–Kier alpha value is -3.86. The van der Waals surface area contributed by atoms with Gasteiger partial charge in [-0.1, -0.05) is 12.1 Å². The number of aromatic nitrogens is 2. The van der Waals surface area contributed by atoms with E-state index >= 15 is 0 Å². The first kappa shape index (κ1) is 19.1. The largest absolute Gasteiger partial charge is 0.344 e. The minimum atomic E-state index is -0.118. The second kappa shape index (κ2) is 7.43. The number of carbonyl (C=O) groups is 2. The monoisotopic (exact) mass is 414 g/mol. The Balaban J connectivity index is 1.44. The van der Waals surface area contributed by atoms with Gasteiger partial charge in [-0.15, -0.1) is 0 Å². The van der Waals surface area contributed by atoms with Crippen LogP contribution in [0.3, 0.4) is 0 Å². The summed E-state index contributed by atoms with van der Waals surface area (Å²) in [5.74, 6) is -0.102. The number of fused-ring (bicyclic) bond motifs is 2. The fourth-order valence-electron chi connectivity index (χ4n) is 4.47. The van der Waals surface area contributed by atoms with Gasteiger partial charge in [-0.05, 0) is 42.7 Å². The predicted molar refractivity (Wildman–Crippen MR) is 116 cm³/mol. The molecule has 2 aromatic carbocycles. The number of benzene rings is 2. The summed E-state index contributed by atoms with van der Waals surface area (Å²) in [6, 6.07) is 13.6. The molecule has 0 atom stereocenters. The number of hydrogen-bond donors (Lipinski definition) is 1. The zero-order valence-corrected chi connectivity index (χ0v) is 17.3. The molecule has 0 unspecified atom stereocenters. The molecule has 0 aliphatic carbocycles. The van der Waals surface area contributed by atoms with Crippen LogP contribution >= 0.6 is 0 Å². The summed E-state index contributed by atoms with van der Waals surface area (Å²) in [6.45, 7) is 2.11. The van der Waals surface area contributed by atoms with Gasteiger partial charge < -0.3 is 14.7 Å². The third-order valence-electron chi connectivity index (χ3n) is 6.18. The van der Waals surface area contributed by atoms with Crippen LogP contribution < -0.4 is 4.90 Å². The minimum absolute atomic E-state index is 0.0167. The molecule has 0 spiro atoms. The van der Waals surface area contributed by atoms with Crippen molar-refractivity contribution in [3.8, 4) is 6.07 Å². The lowest BCUT2D eigenvalue weighted by atomic mass is 10.1. The highest BCUT2D eigenvalue weighted by atomic mass is 16.2. The Kier molecular flexibility index (Phi) is 4.59. The number of nitrogens with zero attached hydrogens (tertiary/aromatic N) is 5. The summed E-state index contributed by atoms with van der Waals surface area (Å²) in [6.07, 6.45) is 2.06. The standard InChI is InChI=1S/C23H22N6O2/c1-27(16-7-8-18-17(11-16)19(12-24)26-25-18)20-6-4-5-15-13-29(23(31)22(15)20)14-21(30)28-9-2-3-10-28/h4-8,11H,2-3,9-10,13-14H2,1H3,(H,25,26). The van der Waals surface area contributed by atoms with Crippen LogP contribution in [0.2, 0.25) is 0 Å². The number of H-pyrrole nitrogens is 1. The summed E-state index contributed by atoms with van der Waals surface area (Å²) in [5, 5.41) is 16.9. The first-order valence-corrected chi connectivity index (χ1v) is 10.4. The second-order valence-corrected chi connectivity index (χ2v) is 8.03. The summed E-state index contributed by atoms with van der Waals surface area (Å²) in [5.41, 5.74) is 4.30. The predicted octanol–water partition coefficient (Wildman–Crippen LogP) is 2.78. The summed E-state index contributed by atoms with van der Waals surface area (Å²) in [7, 11) is 1.90. The van der Waals surface area contributed by atoms with Crippen molar-refractivity contribution in [3.05, 3.63) is 53.2 Å². The Labute approximate surface area is 179 Å². The van der Waals surface area contributed by atoms with Crippen LogP contribution in [0.5, 0.6) is 0 Å². The molecule has 2 aliphatic heterocycles. The molecule has 3 heterocycles. The molecule has 1 fully saturated rings. The summed E-state index contributed by atoms with van der Waals surface area (Å²) < 4.78 is 0. The number of nitriles is 1. The topological polar surface area (TPSA) is 96.3 Å². The molecule has 0 saturated carbocycles. The molecule has 156 valence electrons. The quantitative estimate of drug-likeness (QED) is 0.708. The molecular weight excluding hydrogens is 392 g/mol. The van der Waals surface area contributed by atoms with Crippen molar-refractivity contribution in [1.82, 2.24) is 20.0 Å². The molecule has 2 aliphatic rings. The van der Waals surface area contributed by atoms with Gasteiger partial charge in [0.05, 0.1) is 16.8 Å². The molecule has 0 radical (unpaired) electrons. The molecule has 31 heavy (non-hydrogen) atoms. The maximum Gasteiger partial charge on any atom is 0.257 e. The molecule has 8 nitrogen and oxygen atoms in total. The highest BCUT2D eigenvalue weighted by Crippen LogP contribution is 2.35. The number of rotatable bonds is 4. The number of nitrogens with one attached hydrogen (secondary N) is 1. The van der Waals surface area contributed by atoms with Crippen molar-refractivity contribution in [1.29, 1.82) is 5.26 Å². The van der Waals surface area contributed by atoms with Crippen LogP contribution in [0.15, 0.2) is 36.4 Å². The van der Waals surface area contributed by atoms with Crippen LogP contribution in [0, 0.1) is 11.3 Å². The van der Waals surface area contributed by atoms with Gasteiger partial charge in [0.15, 0.2) is 5.69 Å². The molecule has 1 aromatic heterocycles. The SMILES string of the molecule is CN(c1ccc2[nH]nc(C#N)c2c1)c1cccc2c1C(=O)N(CC(=O)N1CCCC1)C2. The summed E-state index contributed by atoms with van der Waals surface area (Å²) >= 11 is 0.